The van der Waals surface area contributed by atoms with Crippen LogP contribution < -0.4 is 4.90 Å². The molecule has 0 radical (unpaired) electrons. The van der Waals surface area contributed by atoms with Gasteiger partial charge in [0.15, 0.2) is 5.13 Å². The number of aromatic nitrogens is 1. The fourth-order valence-corrected chi connectivity index (χ4v) is 3.15. The van der Waals surface area contributed by atoms with Gasteiger partial charge in [-0.3, -0.25) is 0 Å². The monoisotopic (exact) mass is 274 g/mol. The van der Waals surface area contributed by atoms with E-state index in [-0.39, 0.29) is 0 Å². The second-order valence-electron chi connectivity index (χ2n) is 3.98. The van der Waals surface area contributed by atoms with Crippen LogP contribution >= 0.6 is 27.3 Å². The maximum absolute atomic E-state index is 4.46. The van der Waals surface area contributed by atoms with Crippen LogP contribution in [0.15, 0.2) is 9.98 Å². The zero-order chi connectivity index (χ0) is 9.97. The second kappa shape index (κ2) is 4.62. The van der Waals surface area contributed by atoms with Crippen molar-refractivity contribution in [3.63, 3.8) is 0 Å². The predicted molar refractivity (Wildman–Crippen MR) is 65.0 cm³/mol. The molecule has 4 heteroatoms. The average molecular weight is 275 g/mol. The third kappa shape index (κ3) is 2.48. The van der Waals surface area contributed by atoms with Gasteiger partial charge in [0.2, 0.25) is 0 Å². The molecule has 0 N–H and O–H groups in total. The Morgan fingerprint density at radius 2 is 2.36 bits per heavy atom. The van der Waals surface area contributed by atoms with E-state index in [0.717, 1.165) is 10.5 Å². The summed E-state index contributed by atoms with van der Waals surface area (Å²) in [5.41, 5.74) is 0. The fourth-order valence-electron chi connectivity index (χ4n) is 1.84. The van der Waals surface area contributed by atoms with Gasteiger partial charge in [-0.1, -0.05) is 6.92 Å². The Labute approximate surface area is 97.5 Å². The molecule has 1 unspecified atom stereocenters. The van der Waals surface area contributed by atoms with E-state index in [4.69, 9.17) is 0 Å². The number of anilines is 1. The van der Waals surface area contributed by atoms with E-state index in [9.17, 15) is 0 Å². The summed E-state index contributed by atoms with van der Waals surface area (Å²) in [6.45, 7) is 4.69. The molecule has 1 atom stereocenters. The average Bonchev–Trinajstić information content (AvgIpc) is 2.46. The topological polar surface area (TPSA) is 16.1 Å². The van der Waals surface area contributed by atoms with E-state index < -0.39 is 0 Å². The van der Waals surface area contributed by atoms with E-state index in [1.807, 2.05) is 0 Å². The Morgan fingerprint density at radius 1 is 1.50 bits per heavy atom. The first-order valence-electron chi connectivity index (χ1n) is 5.11. The number of rotatable bonds is 1. The van der Waals surface area contributed by atoms with Crippen LogP contribution in [-0.4, -0.2) is 18.1 Å². The molecule has 1 aliphatic rings. The quantitative estimate of drug-likeness (QED) is 0.779. The van der Waals surface area contributed by atoms with Crippen LogP contribution in [0.2, 0.25) is 0 Å². The van der Waals surface area contributed by atoms with E-state index in [1.165, 1.54) is 37.5 Å². The van der Waals surface area contributed by atoms with Crippen LogP contribution in [0.1, 0.15) is 26.2 Å². The summed E-state index contributed by atoms with van der Waals surface area (Å²) in [6.07, 6.45) is 3.97. The third-order valence-corrected chi connectivity index (χ3v) is 4.36. The molecule has 0 saturated carbocycles. The number of nitrogens with zero attached hydrogens (tertiary/aromatic N) is 2. The number of hydrogen-bond acceptors (Lipinski definition) is 3. The van der Waals surface area contributed by atoms with Crippen molar-refractivity contribution in [3.05, 3.63) is 9.98 Å². The molecule has 2 rings (SSSR count). The van der Waals surface area contributed by atoms with Crippen molar-refractivity contribution in [1.82, 2.24) is 4.98 Å². The lowest BCUT2D eigenvalue weighted by atomic mass is 10.0. The Bertz CT molecular complexity index is 300. The van der Waals surface area contributed by atoms with E-state index >= 15 is 0 Å². The van der Waals surface area contributed by atoms with Crippen LogP contribution in [0.3, 0.4) is 0 Å². The highest BCUT2D eigenvalue weighted by atomic mass is 79.9. The molecule has 2 nitrogen and oxygen atoms in total. The van der Waals surface area contributed by atoms with Gasteiger partial charge in [0.1, 0.15) is 4.60 Å². The van der Waals surface area contributed by atoms with Crippen LogP contribution in [0, 0.1) is 5.92 Å². The lowest BCUT2D eigenvalue weighted by Gasteiger charge is -2.18. The molecule has 1 saturated heterocycles. The van der Waals surface area contributed by atoms with Crippen molar-refractivity contribution >= 4 is 32.4 Å². The van der Waals surface area contributed by atoms with Crippen molar-refractivity contribution in [2.24, 2.45) is 5.92 Å². The maximum Gasteiger partial charge on any atom is 0.186 e. The van der Waals surface area contributed by atoms with E-state index in [1.54, 1.807) is 11.3 Å². The molecule has 0 aliphatic carbocycles. The van der Waals surface area contributed by atoms with Crippen molar-refractivity contribution < 1.29 is 0 Å². The summed E-state index contributed by atoms with van der Waals surface area (Å²) in [5.74, 6) is 0.878. The zero-order valence-electron chi connectivity index (χ0n) is 8.37. The summed E-state index contributed by atoms with van der Waals surface area (Å²) in [6, 6.07) is 0. The van der Waals surface area contributed by atoms with Crippen LogP contribution in [0.5, 0.6) is 0 Å². The van der Waals surface area contributed by atoms with E-state index in [0.29, 0.717) is 0 Å². The molecule has 14 heavy (non-hydrogen) atoms. The smallest absolute Gasteiger partial charge is 0.186 e. The number of halogens is 1. The van der Waals surface area contributed by atoms with Gasteiger partial charge in [0.05, 0.1) is 0 Å². The minimum absolute atomic E-state index is 0.878. The molecule has 1 fully saturated rings. The highest BCUT2D eigenvalue weighted by molar-refractivity contribution is 9.10. The summed E-state index contributed by atoms with van der Waals surface area (Å²) in [7, 11) is 0. The van der Waals surface area contributed by atoms with Gasteiger partial charge in [0.25, 0.3) is 0 Å². The van der Waals surface area contributed by atoms with Gasteiger partial charge >= 0.3 is 0 Å². The molecule has 1 aliphatic heterocycles. The Morgan fingerprint density at radius 3 is 3.07 bits per heavy atom. The van der Waals surface area contributed by atoms with Crippen molar-refractivity contribution in [2.75, 3.05) is 18.0 Å². The molecule has 1 aromatic heterocycles. The lowest BCUT2D eigenvalue weighted by molar-refractivity contribution is 0.521. The standard InChI is InChI=1S/C10H15BrN2S/c1-8-3-2-5-13(6-4-8)10-12-9(11)7-14-10/h7-8H,2-6H2,1H3. The van der Waals surface area contributed by atoms with Crippen LogP contribution in [0.4, 0.5) is 5.13 Å². The molecular weight excluding hydrogens is 260 g/mol. The lowest BCUT2D eigenvalue weighted by Crippen LogP contribution is -2.23. The highest BCUT2D eigenvalue weighted by Crippen LogP contribution is 2.27. The van der Waals surface area contributed by atoms with Crippen LogP contribution in [-0.2, 0) is 0 Å². The summed E-state index contributed by atoms with van der Waals surface area (Å²) in [4.78, 5) is 6.88. The molecular formula is C10H15BrN2S. The minimum atomic E-state index is 0.878. The van der Waals surface area contributed by atoms with E-state index in [2.05, 4.69) is 38.1 Å². The van der Waals surface area contributed by atoms with Crippen molar-refractivity contribution in [1.29, 1.82) is 0 Å². The fraction of sp³-hybridized carbons (Fsp3) is 0.700. The first-order chi connectivity index (χ1) is 6.75. The van der Waals surface area contributed by atoms with Crippen molar-refractivity contribution in [3.8, 4) is 0 Å². The van der Waals surface area contributed by atoms with Gasteiger partial charge in [-0.2, -0.15) is 0 Å². The van der Waals surface area contributed by atoms with Gasteiger partial charge < -0.3 is 4.90 Å². The molecule has 78 valence electrons. The summed E-state index contributed by atoms with van der Waals surface area (Å²) in [5, 5.41) is 3.23. The minimum Gasteiger partial charge on any atom is -0.348 e. The summed E-state index contributed by atoms with van der Waals surface area (Å²) >= 11 is 5.14. The summed E-state index contributed by atoms with van der Waals surface area (Å²) < 4.78 is 0.967. The molecule has 0 amide bonds. The molecule has 1 aromatic rings. The van der Waals surface area contributed by atoms with Crippen LogP contribution in [0.25, 0.3) is 0 Å². The first-order valence-corrected chi connectivity index (χ1v) is 6.79. The van der Waals surface area contributed by atoms with Gasteiger partial charge in [0, 0.05) is 18.5 Å². The largest absolute Gasteiger partial charge is 0.348 e. The molecule has 2 heterocycles. The Kier molecular flexibility index (Phi) is 3.44. The number of thiazole rings is 1. The molecule has 0 bridgehead atoms. The maximum atomic E-state index is 4.46. The SMILES string of the molecule is CC1CCCN(c2nc(Br)cs2)CC1. The Balaban J connectivity index is 2.04. The van der Waals surface area contributed by atoms with Crippen molar-refractivity contribution in [2.45, 2.75) is 26.2 Å². The third-order valence-electron chi connectivity index (χ3n) is 2.75. The first kappa shape index (κ1) is 10.4. The van der Waals surface area contributed by atoms with Gasteiger partial charge in [-0.05, 0) is 41.1 Å². The Hall–Kier alpha value is -0.0900. The highest BCUT2D eigenvalue weighted by Gasteiger charge is 2.16. The zero-order valence-corrected chi connectivity index (χ0v) is 10.8. The molecule has 0 spiro atoms. The molecule has 0 aromatic carbocycles. The second-order valence-corrected chi connectivity index (χ2v) is 5.62. The van der Waals surface area contributed by atoms with Gasteiger partial charge in [-0.25, -0.2) is 4.98 Å². The number of hydrogen-bond donors (Lipinski definition) is 0. The van der Waals surface area contributed by atoms with Gasteiger partial charge in [-0.15, -0.1) is 11.3 Å². The predicted octanol–water partition coefficient (Wildman–Crippen LogP) is 3.53. The normalized spacial score (nSPS) is 23.6.